The fraction of sp³-hybridized carbons (Fsp3) is 0.571. The van der Waals surface area contributed by atoms with Gasteiger partial charge in [0.25, 0.3) is 0 Å². The van der Waals surface area contributed by atoms with Crippen LogP contribution in [0.5, 0.6) is 5.75 Å². The molecule has 1 aromatic carbocycles. The molecular weight excluding hydrogens is 332 g/mol. The summed E-state index contributed by atoms with van der Waals surface area (Å²) in [6.45, 7) is 4.21. The van der Waals surface area contributed by atoms with E-state index in [1.807, 2.05) is 12.1 Å². The Morgan fingerprint density at radius 3 is 2.64 bits per heavy atom. The number of fused-ring (bicyclic) bond motifs is 2. The van der Waals surface area contributed by atoms with E-state index in [-0.39, 0.29) is 0 Å². The molecule has 4 heteroatoms. The number of rotatable bonds is 2. The lowest BCUT2D eigenvalue weighted by Crippen LogP contribution is -2.16. The third-order valence-electron chi connectivity index (χ3n) is 5.70. The van der Waals surface area contributed by atoms with E-state index in [0.29, 0.717) is 6.10 Å². The first-order chi connectivity index (χ1) is 12.2. The molecule has 1 aromatic heterocycles. The Hall–Kier alpha value is -1.32. The van der Waals surface area contributed by atoms with E-state index in [4.69, 9.17) is 21.3 Å². The molecule has 3 nitrogen and oxygen atoms in total. The number of hydrogen-bond donors (Lipinski definition) is 1. The Labute approximate surface area is 155 Å². The molecule has 0 radical (unpaired) electrons. The second-order valence-corrected chi connectivity index (χ2v) is 7.82. The molecule has 0 spiro atoms. The van der Waals surface area contributed by atoms with Crippen LogP contribution in [0.25, 0.3) is 10.9 Å². The lowest BCUT2D eigenvalue weighted by molar-refractivity contribution is 0.186. The number of ether oxygens (including phenoxy) is 1. The van der Waals surface area contributed by atoms with Crippen molar-refractivity contribution in [2.75, 3.05) is 13.1 Å². The third-order valence-corrected chi connectivity index (χ3v) is 6.00. The molecular formula is C21H27ClN2O. The van der Waals surface area contributed by atoms with Crippen LogP contribution in [0.15, 0.2) is 12.1 Å². The molecule has 4 rings (SSSR count). The van der Waals surface area contributed by atoms with Gasteiger partial charge in [-0.25, -0.2) is 0 Å². The van der Waals surface area contributed by atoms with E-state index < -0.39 is 0 Å². The summed E-state index contributed by atoms with van der Waals surface area (Å²) in [5.41, 5.74) is 4.79. The number of nitrogens with zero attached hydrogens (tertiary/aromatic N) is 1. The van der Waals surface area contributed by atoms with Crippen LogP contribution < -0.4 is 10.1 Å². The quantitative estimate of drug-likeness (QED) is 0.768. The van der Waals surface area contributed by atoms with Gasteiger partial charge in [-0.05, 0) is 68.8 Å². The zero-order valence-electron chi connectivity index (χ0n) is 15.0. The zero-order valence-corrected chi connectivity index (χ0v) is 15.8. The number of nitrogens with one attached hydrogen (secondary N) is 1. The van der Waals surface area contributed by atoms with Crippen LogP contribution in [0.1, 0.15) is 55.3 Å². The van der Waals surface area contributed by atoms with E-state index >= 15 is 0 Å². The van der Waals surface area contributed by atoms with Crippen molar-refractivity contribution in [1.29, 1.82) is 0 Å². The number of hydrogen-bond acceptors (Lipinski definition) is 3. The lowest BCUT2D eigenvalue weighted by Gasteiger charge is -2.21. The molecule has 1 N–H and O–H groups in total. The molecule has 1 fully saturated rings. The predicted molar refractivity (Wildman–Crippen MR) is 104 cm³/mol. The van der Waals surface area contributed by atoms with Gasteiger partial charge < -0.3 is 10.1 Å². The number of aryl methyl sites for hydroxylation is 1. The summed E-state index contributed by atoms with van der Waals surface area (Å²) in [5, 5.41) is 5.32. The van der Waals surface area contributed by atoms with Gasteiger partial charge >= 0.3 is 0 Å². The molecule has 0 saturated heterocycles. The second-order valence-electron chi connectivity index (χ2n) is 7.41. The molecule has 1 saturated carbocycles. The van der Waals surface area contributed by atoms with E-state index in [0.717, 1.165) is 60.4 Å². The molecule has 1 aliphatic carbocycles. The summed E-state index contributed by atoms with van der Waals surface area (Å²) in [4.78, 5) is 4.96. The van der Waals surface area contributed by atoms with Gasteiger partial charge in [0.1, 0.15) is 5.75 Å². The van der Waals surface area contributed by atoms with Gasteiger partial charge in [0.2, 0.25) is 0 Å². The van der Waals surface area contributed by atoms with Crippen LogP contribution >= 0.6 is 11.6 Å². The van der Waals surface area contributed by atoms with Gasteiger partial charge in [-0.1, -0.05) is 24.4 Å². The Balaban J connectivity index is 1.79. The van der Waals surface area contributed by atoms with Gasteiger partial charge in [0.05, 0.1) is 16.6 Å². The maximum atomic E-state index is 6.52. The largest absolute Gasteiger partial charge is 0.490 e. The van der Waals surface area contributed by atoms with Crippen molar-refractivity contribution in [3.63, 3.8) is 0 Å². The zero-order chi connectivity index (χ0) is 17.2. The lowest BCUT2D eigenvalue weighted by atomic mass is 9.98. The smallest absolute Gasteiger partial charge is 0.129 e. The van der Waals surface area contributed by atoms with Crippen LogP contribution in [-0.4, -0.2) is 24.2 Å². The molecule has 2 aliphatic rings. The standard InChI is InChI=1S/C21H27ClN2O/c1-14-16-10-12-23-13-11-18(16)24-21-17(22)8-9-19(20(14)21)25-15-6-4-2-3-5-7-15/h8-9,15,23H,2-7,10-13H2,1H3. The number of pyridine rings is 1. The van der Waals surface area contributed by atoms with Crippen molar-refractivity contribution in [3.05, 3.63) is 34.0 Å². The van der Waals surface area contributed by atoms with E-state index in [2.05, 4.69) is 12.2 Å². The van der Waals surface area contributed by atoms with Crippen LogP contribution in [0.2, 0.25) is 5.02 Å². The summed E-state index contributed by atoms with van der Waals surface area (Å²) >= 11 is 6.52. The van der Waals surface area contributed by atoms with Gasteiger partial charge in [-0.2, -0.15) is 0 Å². The van der Waals surface area contributed by atoms with E-state index in [9.17, 15) is 0 Å². The molecule has 134 valence electrons. The Kier molecular flexibility index (Phi) is 5.14. The average Bonchev–Trinajstić information content (AvgIpc) is 3.00. The minimum Gasteiger partial charge on any atom is -0.490 e. The third kappa shape index (κ3) is 3.50. The summed E-state index contributed by atoms with van der Waals surface area (Å²) in [6, 6.07) is 4.00. The highest BCUT2D eigenvalue weighted by atomic mass is 35.5. The molecule has 1 aliphatic heterocycles. The first-order valence-corrected chi connectivity index (χ1v) is 10.1. The predicted octanol–water partition coefficient (Wildman–Crippen LogP) is 4.99. The Morgan fingerprint density at radius 2 is 1.84 bits per heavy atom. The van der Waals surface area contributed by atoms with Gasteiger partial charge in [0.15, 0.2) is 0 Å². The molecule has 2 aromatic rings. The summed E-state index contributed by atoms with van der Waals surface area (Å²) in [6.07, 6.45) is 9.85. The number of benzene rings is 1. The minimum absolute atomic E-state index is 0.326. The Bertz CT molecular complexity index is 766. The molecule has 0 bridgehead atoms. The fourth-order valence-corrected chi connectivity index (χ4v) is 4.51. The van der Waals surface area contributed by atoms with Crippen molar-refractivity contribution in [2.24, 2.45) is 0 Å². The number of aromatic nitrogens is 1. The summed E-state index contributed by atoms with van der Waals surface area (Å²) < 4.78 is 6.49. The van der Waals surface area contributed by atoms with Crippen molar-refractivity contribution in [1.82, 2.24) is 10.3 Å². The normalized spacial score (nSPS) is 19.3. The summed E-state index contributed by atoms with van der Waals surface area (Å²) in [5.74, 6) is 0.969. The van der Waals surface area contributed by atoms with Crippen molar-refractivity contribution >= 4 is 22.5 Å². The van der Waals surface area contributed by atoms with Crippen molar-refractivity contribution in [3.8, 4) is 5.75 Å². The molecule has 0 unspecified atom stereocenters. The Morgan fingerprint density at radius 1 is 1.08 bits per heavy atom. The highest BCUT2D eigenvalue weighted by Crippen LogP contribution is 2.37. The highest BCUT2D eigenvalue weighted by molar-refractivity contribution is 6.35. The fourth-order valence-electron chi connectivity index (χ4n) is 4.31. The average molecular weight is 359 g/mol. The monoisotopic (exact) mass is 358 g/mol. The second kappa shape index (κ2) is 7.51. The highest BCUT2D eigenvalue weighted by Gasteiger charge is 2.21. The SMILES string of the molecule is Cc1c2c(nc3c(Cl)ccc(OC4CCCCCC4)c13)CCNCC2. The molecule has 25 heavy (non-hydrogen) atoms. The van der Waals surface area contributed by atoms with Crippen molar-refractivity contribution in [2.45, 2.75) is 64.4 Å². The number of halogens is 1. The molecule has 0 atom stereocenters. The summed E-state index contributed by atoms with van der Waals surface area (Å²) in [7, 11) is 0. The van der Waals surface area contributed by atoms with Crippen LogP contribution in [-0.2, 0) is 12.8 Å². The van der Waals surface area contributed by atoms with E-state index in [1.165, 1.54) is 42.5 Å². The van der Waals surface area contributed by atoms with Crippen LogP contribution in [0.3, 0.4) is 0 Å². The maximum Gasteiger partial charge on any atom is 0.129 e. The molecule has 0 amide bonds. The van der Waals surface area contributed by atoms with Gasteiger partial charge in [0, 0.05) is 24.0 Å². The van der Waals surface area contributed by atoms with E-state index in [1.54, 1.807) is 0 Å². The van der Waals surface area contributed by atoms with Crippen molar-refractivity contribution < 1.29 is 4.74 Å². The molecule has 2 heterocycles. The van der Waals surface area contributed by atoms with Crippen LogP contribution in [0, 0.1) is 6.92 Å². The van der Waals surface area contributed by atoms with Gasteiger partial charge in [-0.15, -0.1) is 0 Å². The maximum absolute atomic E-state index is 6.52. The topological polar surface area (TPSA) is 34.1 Å². The minimum atomic E-state index is 0.326. The first kappa shape index (κ1) is 17.1. The van der Waals surface area contributed by atoms with Crippen LogP contribution in [0.4, 0.5) is 0 Å². The first-order valence-electron chi connectivity index (χ1n) is 9.72. The van der Waals surface area contributed by atoms with Gasteiger partial charge in [-0.3, -0.25) is 4.98 Å².